The number of aliphatic hydroxyl groups excluding tert-OH is 2. The van der Waals surface area contributed by atoms with E-state index in [0.29, 0.717) is 5.75 Å². The summed E-state index contributed by atoms with van der Waals surface area (Å²) < 4.78 is 5.43. The lowest BCUT2D eigenvalue weighted by atomic mass is 9.88. The Balaban J connectivity index is 0.000000229. The molecule has 0 aromatic heterocycles. The van der Waals surface area contributed by atoms with Gasteiger partial charge in [-0.05, 0) is 19.1 Å². The molecule has 1 aliphatic rings. The highest BCUT2D eigenvalue weighted by Gasteiger charge is 2.36. The van der Waals surface area contributed by atoms with Gasteiger partial charge in [-0.15, -0.1) is 0 Å². The molecule has 0 fully saturated rings. The zero-order valence-corrected chi connectivity index (χ0v) is 12.6. The Morgan fingerprint density at radius 3 is 2.17 bits per heavy atom. The maximum Gasteiger partial charge on any atom is 0.132 e. The number of benzene rings is 2. The van der Waals surface area contributed by atoms with Crippen molar-refractivity contribution in [3.63, 3.8) is 0 Å². The topological polar surface area (TPSA) is 110 Å². The second-order valence-corrected chi connectivity index (χ2v) is 5.33. The van der Waals surface area contributed by atoms with Crippen molar-refractivity contribution in [1.29, 1.82) is 0 Å². The summed E-state index contributed by atoms with van der Waals surface area (Å²) in [5, 5.41) is 46.7. The fraction of sp³-hybridized carbons (Fsp3) is 0.294. The number of aliphatic hydroxyl groups is 2. The van der Waals surface area contributed by atoms with Crippen LogP contribution in [0.4, 0.5) is 0 Å². The Labute approximate surface area is 133 Å². The van der Waals surface area contributed by atoms with Crippen LogP contribution in [-0.2, 0) is 0 Å². The predicted octanol–water partition coefficient (Wildman–Crippen LogP) is 1.91. The van der Waals surface area contributed by atoms with Crippen LogP contribution in [0.2, 0.25) is 0 Å². The maximum absolute atomic E-state index is 9.98. The van der Waals surface area contributed by atoms with Crippen molar-refractivity contribution in [1.82, 2.24) is 0 Å². The molecule has 3 rings (SSSR count). The lowest BCUT2D eigenvalue weighted by Gasteiger charge is -2.34. The summed E-state index contributed by atoms with van der Waals surface area (Å²) in [6, 6.07) is 11.2. The number of hydrogen-bond acceptors (Lipinski definition) is 6. The highest BCUT2D eigenvalue weighted by molar-refractivity contribution is 5.52. The van der Waals surface area contributed by atoms with Crippen molar-refractivity contribution in [3.8, 4) is 23.0 Å². The van der Waals surface area contributed by atoms with Crippen LogP contribution in [0, 0.1) is 5.92 Å². The first-order valence-electron chi connectivity index (χ1n) is 7.19. The minimum absolute atomic E-state index is 0.127. The molecule has 0 spiro atoms. The largest absolute Gasteiger partial charge is 0.508 e. The number of para-hydroxylation sites is 1. The van der Waals surface area contributed by atoms with E-state index in [1.165, 1.54) is 6.07 Å². The molecule has 23 heavy (non-hydrogen) atoms. The summed E-state index contributed by atoms with van der Waals surface area (Å²) in [6.07, 6.45) is -1.38. The Kier molecular flexibility index (Phi) is 5.31. The predicted molar refractivity (Wildman–Crippen MR) is 83.5 cm³/mol. The van der Waals surface area contributed by atoms with Gasteiger partial charge < -0.3 is 30.3 Å². The molecule has 5 N–H and O–H groups in total. The summed E-state index contributed by atoms with van der Waals surface area (Å²) in [5.41, 5.74) is 0.218. The number of rotatable bonds is 1. The van der Waals surface area contributed by atoms with Crippen molar-refractivity contribution in [2.75, 3.05) is 6.61 Å². The molecular weight excluding hydrogens is 300 g/mol. The molecule has 0 saturated heterocycles. The minimum Gasteiger partial charge on any atom is -0.508 e. The Hall–Kier alpha value is -2.44. The SMILES string of the molecule is CC1Oc2cc(O)cc(O)c2C(O)C1CO.Oc1ccccc1. The Morgan fingerprint density at radius 2 is 1.65 bits per heavy atom. The molecule has 3 unspecified atom stereocenters. The van der Waals surface area contributed by atoms with Crippen LogP contribution in [0.3, 0.4) is 0 Å². The summed E-state index contributed by atoms with van der Waals surface area (Å²) in [5.74, 6) is -0.265. The van der Waals surface area contributed by atoms with E-state index in [1.54, 1.807) is 31.2 Å². The van der Waals surface area contributed by atoms with E-state index < -0.39 is 12.0 Å². The average molecular weight is 320 g/mol. The second kappa shape index (κ2) is 7.21. The van der Waals surface area contributed by atoms with Gasteiger partial charge in [-0.1, -0.05) is 18.2 Å². The fourth-order valence-electron chi connectivity index (χ4n) is 2.43. The van der Waals surface area contributed by atoms with Gasteiger partial charge in [0.2, 0.25) is 0 Å². The quantitative estimate of drug-likeness (QED) is 0.549. The fourth-order valence-corrected chi connectivity index (χ4v) is 2.43. The first-order valence-corrected chi connectivity index (χ1v) is 7.19. The van der Waals surface area contributed by atoms with E-state index in [0.717, 1.165) is 6.07 Å². The molecular formula is C17H20O6. The molecule has 2 aromatic carbocycles. The van der Waals surface area contributed by atoms with Crippen molar-refractivity contribution < 1.29 is 30.3 Å². The highest BCUT2D eigenvalue weighted by Crippen LogP contribution is 2.45. The van der Waals surface area contributed by atoms with E-state index in [9.17, 15) is 15.3 Å². The van der Waals surface area contributed by atoms with Gasteiger partial charge in [0.1, 0.15) is 29.1 Å². The van der Waals surface area contributed by atoms with Gasteiger partial charge in [-0.2, -0.15) is 0 Å². The molecule has 6 heteroatoms. The van der Waals surface area contributed by atoms with Gasteiger partial charge in [0.05, 0.1) is 18.3 Å². The number of phenolic OH excluding ortho intramolecular Hbond substituents is 3. The van der Waals surface area contributed by atoms with Crippen LogP contribution in [0.25, 0.3) is 0 Å². The van der Waals surface area contributed by atoms with Crippen LogP contribution in [0.1, 0.15) is 18.6 Å². The van der Waals surface area contributed by atoms with E-state index in [4.69, 9.17) is 14.9 Å². The monoisotopic (exact) mass is 320 g/mol. The van der Waals surface area contributed by atoms with Crippen LogP contribution in [0.15, 0.2) is 42.5 Å². The van der Waals surface area contributed by atoms with E-state index in [-0.39, 0.29) is 35.5 Å². The molecule has 1 heterocycles. The molecule has 2 aromatic rings. The van der Waals surface area contributed by atoms with Crippen LogP contribution >= 0.6 is 0 Å². The first-order chi connectivity index (χ1) is 10.9. The van der Waals surface area contributed by atoms with Gasteiger partial charge in [-0.25, -0.2) is 0 Å². The van der Waals surface area contributed by atoms with Crippen molar-refractivity contribution >= 4 is 0 Å². The van der Waals surface area contributed by atoms with Crippen LogP contribution in [-0.4, -0.2) is 38.2 Å². The van der Waals surface area contributed by atoms with Crippen LogP contribution < -0.4 is 4.74 Å². The lowest BCUT2D eigenvalue weighted by Crippen LogP contribution is -2.36. The van der Waals surface area contributed by atoms with Gasteiger partial charge in [0.25, 0.3) is 0 Å². The lowest BCUT2D eigenvalue weighted by molar-refractivity contribution is -0.0213. The summed E-state index contributed by atoms with van der Waals surface area (Å²) >= 11 is 0. The molecule has 1 aliphatic heterocycles. The van der Waals surface area contributed by atoms with Gasteiger partial charge >= 0.3 is 0 Å². The van der Waals surface area contributed by atoms with Crippen molar-refractivity contribution in [3.05, 3.63) is 48.0 Å². The standard InChI is InChI=1S/C11H14O5.C6H6O/c1-5-7(4-12)11(15)10-8(14)2-6(13)3-9(10)16-5;7-6-4-2-1-3-5-6/h2-3,5,7,11-15H,4H2,1H3;1-5,7H. The van der Waals surface area contributed by atoms with Crippen molar-refractivity contribution in [2.45, 2.75) is 19.1 Å². The third-order valence-corrected chi connectivity index (χ3v) is 3.69. The molecule has 3 atom stereocenters. The first kappa shape index (κ1) is 16.9. The third kappa shape index (κ3) is 3.85. The highest BCUT2D eigenvalue weighted by atomic mass is 16.5. The van der Waals surface area contributed by atoms with Crippen LogP contribution in [0.5, 0.6) is 23.0 Å². The Morgan fingerprint density at radius 1 is 1.00 bits per heavy atom. The van der Waals surface area contributed by atoms with E-state index in [1.807, 2.05) is 6.07 Å². The summed E-state index contributed by atoms with van der Waals surface area (Å²) in [7, 11) is 0. The zero-order valence-electron chi connectivity index (χ0n) is 12.6. The van der Waals surface area contributed by atoms with Gasteiger partial charge in [0, 0.05) is 18.1 Å². The molecule has 0 amide bonds. The molecule has 0 aliphatic carbocycles. The average Bonchev–Trinajstić information content (AvgIpc) is 2.48. The number of aromatic hydroxyl groups is 3. The summed E-state index contributed by atoms with van der Waals surface area (Å²) in [4.78, 5) is 0. The molecule has 0 radical (unpaired) electrons. The smallest absolute Gasteiger partial charge is 0.132 e. The summed E-state index contributed by atoms with van der Waals surface area (Å²) in [6.45, 7) is 1.48. The van der Waals surface area contributed by atoms with Crippen molar-refractivity contribution in [2.24, 2.45) is 5.92 Å². The third-order valence-electron chi connectivity index (χ3n) is 3.69. The molecule has 0 bridgehead atoms. The van der Waals surface area contributed by atoms with E-state index >= 15 is 0 Å². The zero-order chi connectivity index (χ0) is 17.0. The van der Waals surface area contributed by atoms with Gasteiger partial charge in [0.15, 0.2) is 0 Å². The number of phenols is 3. The maximum atomic E-state index is 9.98. The molecule has 0 saturated carbocycles. The number of fused-ring (bicyclic) bond motifs is 1. The normalized spacial score (nSPS) is 22.3. The molecule has 6 nitrogen and oxygen atoms in total. The molecule has 124 valence electrons. The number of ether oxygens (including phenoxy) is 1. The second-order valence-electron chi connectivity index (χ2n) is 5.33. The number of hydrogen-bond donors (Lipinski definition) is 5. The minimum atomic E-state index is -0.996. The van der Waals surface area contributed by atoms with E-state index in [2.05, 4.69) is 0 Å². The Bertz CT molecular complexity index is 643. The van der Waals surface area contributed by atoms with Gasteiger partial charge in [-0.3, -0.25) is 0 Å².